The van der Waals surface area contributed by atoms with Crippen molar-refractivity contribution in [3.05, 3.63) is 42.4 Å². The van der Waals surface area contributed by atoms with Crippen LogP contribution in [0.2, 0.25) is 0 Å². The maximum absolute atomic E-state index is 13.0. The van der Waals surface area contributed by atoms with Gasteiger partial charge in [-0.05, 0) is 49.8 Å². The molecule has 7 heteroatoms. The van der Waals surface area contributed by atoms with Crippen LogP contribution in [0.5, 0.6) is 5.75 Å². The molecule has 4 heterocycles. The van der Waals surface area contributed by atoms with Crippen LogP contribution in [0, 0.1) is 28.6 Å². The third-order valence-corrected chi connectivity index (χ3v) is 7.59. The summed E-state index contributed by atoms with van der Waals surface area (Å²) in [6.07, 6.45) is 7.56. The van der Waals surface area contributed by atoms with Gasteiger partial charge in [0.25, 0.3) is 0 Å². The minimum atomic E-state index is -0.249. The van der Waals surface area contributed by atoms with E-state index in [9.17, 15) is 10.1 Å². The van der Waals surface area contributed by atoms with Gasteiger partial charge in [0.15, 0.2) is 0 Å². The molecule has 1 aliphatic heterocycles. The summed E-state index contributed by atoms with van der Waals surface area (Å²) < 4.78 is 7.40. The SMILES string of the molecule is CCOc1cc(-c2ccc(N3CCC(C)(C(=O)C[C@@H](C)C(C)C)CC3)nc2)c2c(C#N)cnn2c1. The number of carbonyl (C=O) groups is 1. The monoisotopic (exact) mass is 473 g/mol. The van der Waals surface area contributed by atoms with Crippen LogP contribution in [0.3, 0.4) is 0 Å². The fourth-order valence-electron chi connectivity index (χ4n) is 4.66. The van der Waals surface area contributed by atoms with Gasteiger partial charge in [-0.2, -0.15) is 10.4 Å². The second kappa shape index (κ2) is 10.1. The highest BCUT2D eigenvalue weighted by molar-refractivity contribution is 5.86. The van der Waals surface area contributed by atoms with Crippen LogP contribution in [-0.2, 0) is 4.79 Å². The quantitative estimate of drug-likeness (QED) is 0.428. The number of ketones is 1. The number of Topliss-reactive ketones (excluding diaryl/α,β-unsaturated/α-hetero) is 1. The molecular weight excluding hydrogens is 438 g/mol. The molecule has 0 amide bonds. The molecule has 184 valence electrons. The minimum absolute atomic E-state index is 0.249. The highest BCUT2D eigenvalue weighted by Crippen LogP contribution is 2.37. The Morgan fingerprint density at radius 2 is 1.97 bits per heavy atom. The van der Waals surface area contributed by atoms with Crippen LogP contribution in [0.25, 0.3) is 16.6 Å². The summed E-state index contributed by atoms with van der Waals surface area (Å²) in [5.41, 5.74) is 2.77. The summed E-state index contributed by atoms with van der Waals surface area (Å²) >= 11 is 0. The predicted octanol–water partition coefficient (Wildman–Crippen LogP) is 5.52. The molecule has 1 aliphatic rings. The Morgan fingerprint density at radius 1 is 1.23 bits per heavy atom. The zero-order valence-electron chi connectivity index (χ0n) is 21.4. The lowest BCUT2D eigenvalue weighted by Gasteiger charge is -2.39. The molecule has 0 saturated carbocycles. The van der Waals surface area contributed by atoms with Crippen molar-refractivity contribution >= 4 is 17.1 Å². The molecule has 0 unspecified atom stereocenters. The number of carbonyl (C=O) groups excluding carboxylic acids is 1. The van der Waals surface area contributed by atoms with Crippen LogP contribution in [0.1, 0.15) is 59.4 Å². The first-order valence-electron chi connectivity index (χ1n) is 12.5. The first-order valence-corrected chi connectivity index (χ1v) is 12.5. The molecule has 0 N–H and O–H groups in total. The highest BCUT2D eigenvalue weighted by Gasteiger charge is 2.37. The van der Waals surface area contributed by atoms with Crippen LogP contribution in [0.4, 0.5) is 5.82 Å². The van der Waals surface area contributed by atoms with E-state index in [0.29, 0.717) is 42.0 Å². The topological polar surface area (TPSA) is 83.5 Å². The van der Waals surface area contributed by atoms with Crippen LogP contribution in [0.15, 0.2) is 36.8 Å². The molecule has 3 aromatic heterocycles. The summed E-state index contributed by atoms with van der Waals surface area (Å²) in [5.74, 6) is 2.93. The summed E-state index contributed by atoms with van der Waals surface area (Å²) in [7, 11) is 0. The Kier molecular flexibility index (Phi) is 7.11. The maximum Gasteiger partial charge on any atom is 0.139 e. The van der Waals surface area contributed by atoms with Gasteiger partial charge < -0.3 is 9.64 Å². The Hall–Kier alpha value is -3.40. The molecule has 0 bridgehead atoms. The Balaban J connectivity index is 1.52. The van der Waals surface area contributed by atoms with Gasteiger partial charge in [0, 0.05) is 42.2 Å². The van der Waals surface area contributed by atoms with Gasteiger partial charge in [0.05, 0.1) is 30.1 Å². The molecule has 0 aliphatic carbocycles. The standard InChI is InChI=1S/C28H35N5O2/c1-6-35-23-14-24(27-22(15-29)17-31-33(27)18-23)21-7-8-26(30-16-21)32-11-9-28(5,10-12-32)25(34)13-20(4)19(2)3/h7-8,14,16-20H,6,9-13H2,1-5H3/t20-/m1/s1. The average Bonchev–Trinajstić information content (AvgIpc) is 3.27. The van der Waals surface area contributed by atoms with Crippen molar-refractivity contribution in [3.8, 4) is 22.9 Å². The van der Waals surface area contributed by atoms with E-state index in [4.69, 9.17) is 9.72 Å². The molecule has 1 saturated heterocycles. The zero-order chi connectivity index (χ0) is 25.2. The molecule has 0 spiro atoms. The zero-order valence-corrected chi connectivity index (χ0v) is 21.4. The molecule has 1 fully saturated rings. The predicted molar refractivity (Wildman–Crippen MR) is 137 cm³/mol. The Morgan fingerprint density at radius 3 is 2.57 bits per heavy atom. The number of piperidine rings is 1. The van der Waals surface area contributed by atoms with Gasteiger partial charge in [-0.15, -0.1) is 0 Å². The number of aromatic nitrogens is 3. The van der Waals surface area contributed by atoms with E-state index in [2.05, 4.69) is 43.8 Å². The minimum Gasteiger partial charge on any atom is -0.492 e. The molecule has 35 heavy (non-hydrogen) atoms. The highest BCUT2D eigenvalue weighted by atomic mass is 16.5. The van der Waals surface area contributed by atoms with Crippen LogP contribution in [-0.4, -0.2) is 40.1 Å². The number of pyridine rings is 2. The van der Waals surface area contributed by atoms with Crippen molar-refractivity contribution in [3.63, 3.8) is 0 Å². The van der Waals surface area contributed by atoms with E-state index < -0.39 is 0 Å². The van der Waals surface area contributed by atoms with Crippen molar-refractivity contribution in [1.82, 2.24) is 14.6 Å². The van der Waals surface area contributed by atoms with E-state index in [1.165, 1.54) is 0 Å². The molecule has 0 radical (unpaired) electrons. The lowest BCUT2D eigenvalue weighted by Crippen LogP contribution is -2.43. The average molecular weight is 474 g/mol. The Bertz CT molecular complexity index is 1230. The maximum atomic E-state index is 13.0. The van der Waals surface area contributed by atoms with E-state index in [0.717, 1.165) is 48.4 Å². The molecular formula is C28H35N5O2. The van der Waals surface area contributed by atoms with Gasteiger partial charge >= 0.3 is 0 Å². The van der Waals surface area contributed by atoms with Gasteiger partial charge in [-0.25, -0.2) is 9.50 Å². The fraction of sp³-hybridized carbons (Fsp3) is 0.500. The van der Waals surface area contributed by atoms with Gasteiger partial charge in [0.1, 0.15) is 23.4 Å². The van der Waals surface area contributed by atoms with Gasteiger partial charge in [-0.3, -0.25) is 4.79 Å². The van der Waals surface area contributed by atoms with Crippen LogP contribution < -0.4 is 9.64 Å². The number of hydrogen-bond acceptors (Lipinski definition) is 6. The lowest BCUT2D eigenvalue weighted by atomic mass is 9.73. The third kappa shape index (κ3) is 5.02. The number of hydrogen-bond donors (Lipinski definition) is 0. The summed E-state index contributed by atoms with van der Waals surface area (Å²) in [6, 6.07) is 8.22. The largest absolute Gasteiger partial charge is 0.492 e. The van der Waals surface area contributed by atoms with E-state index in [1.54, 1.807) is 16.9 Å². The molecule has 3 aromatic rings. The van der Waals surface area contributed by atoms with Crippen LogP contribution >= 0.6 is 0 Å². The van der Waals surface area contributed by atoms with E-state index in [-0.39, 0.29) is 5.41 Å². The second-order valence-electron chi connectivity index (χ2n) is 10.3. The number of fused-ring (bicyclic) bond motifs is 1. The summed E-state index contributed by atoms with van der Waals surface area (Å²) in [4.78, 5) is 20.0. The molecule has 0 aromatic carbocycles. The smallest absolute Gasteiger partial charge is 0.139 e. The van der Waals surface area contributed by atoms with Gasteiger partial charge in [-0.1, -0.05) is 27.7 Å². The molecule has 7 nitrogen and oxygen atoms in total. The Labute approximate surface area is 207 Å². The van der Waals surface area contributed by atoms with Gasteiger partial charge in [0.2, 0.25) is 0 Å². The van der Waals surface area contributed by atoms with Crippen molar-refractivity contribution < 1.29 is 9.53 Å². The number of nitrogens with zero attached hydrogens (tertiary/aromatic N) is 5. The first kappa shape index (κ1) is 24.7. The lowest BCUT2D eigenvalue weighted by molar-refractivity contribution is -0.130. The van der Waals surface area contributed by atoms with Crippen molar-refractivity contribution in [2.75, 3.05) is 24.6 Å². The normalized spacial score (nSPS) is 16.3. The van der Waals surface area contributed by atoms with E-state index in [1.807, 2.05) is 31.3 Å². The first-order chi connectivity index (χ1) is 16.8. The third-order valence-electron chi connectivity index (χ3n) is 7.59. The van der Waals surface area contributed by atoms with Crippen molar-refractivity contribution in [2.45, 2.75) is 53.9 Å². The number of nitriles is 1. The molecule has 4 rings (SSSR count). The summed E-state index contributed by atoms with van der Waals surface area (Å²) in [6.45, 7) is 12.8. The second-order valence-corrected chi connectivity index (χ2v) is 10.3. The van der Waals surface area contributed by atoms with Crippen molar-refractivity contribution in [2.24, 2.45) is 17.3 Å². The number of ether oxygens (including phenoxy) is 1. The summed E-state index contributed by atoms with van der Waals surface area (Å²) in [5, 5.41) is 13.9. The fourth-order valence-corrected chi connectivity index (χ4v) is 4.66. The number of anilines is 1. The molecule has 1 atom stereocenters. The van der Waals surface area contributed by atoms with Crippen molar-refractivity contribution in [1.29, 1.82) is 5.26 Å². The number of rotatable bonds is 8. The van der Waals surface area contributed by atoms with E-state index >= 15 is 0 Å².